The maximum absolute atomic E-state index is 11.9. The number of hydrazine groups is 1. The van der Waals surface area contributed by atoms with Crippen LogP contribution in [0.5, 0.6) is 0 Å². The predicted molar refractivity (Wildman–Crippen MR) is 91.9 cm³/mol. The highest BCUT2D eigenvalue weighted by atomic mass is 16.2. The summed E-state index contributed by atoms with van der Waals surface area (Å²) >= 11 is 0. The molecule has 3 rings (SSSR count). The molecule has 0 spiro atoms. The summed E-state index contributed by atoms with van der Waals surface area (Å²) in [6.07, 6.45) is 2.23. The molecule has 0 aliphatic carbocycles. The van der Waals surface area contributed by atoms with Crippen molar-refractivity contribution in [3.8, 4) is 0 Å². The van der Waals surface area contributed by atoms with Crippen molar-refractivity contribution in [2.75, 3.05) is 0 Å². The molecule has 7 nitrogen and oxygen atoms in total. The number of rotatable bonds is 5. The molecule has 1 aliphatic heterocycles. The van der Waals surface area contributed by atoms with Crippen LogP contribution < -0.4 is 16.3 Å². The minimum atomic E-state index is -0.379. The first-order valence-electron chi connectivity index (χ1n) is 7.70. The topological polar surface area (TPSA) is 98.4 Å². The van der Waals surface area contributed by atoms with E-state index in [1.165, 1.54) is 0 Å². The van der Waals surface area contributed by atoms with E-state index in [4.69, 9.17) is 0 Å². The number of carbonyl (C=O) groups excluding carboxylic acids is 2. The minimum Gasteiger partial charge on any atom is -0.358 e. The van der Waals surface area contributed by atoms with Crippen molar-refractivity contribution < 1.29 is 9.59 Å². The van der Waals surface area contributed by atoms with Gasteiger partial charge < -0.3 is 10.4 Å². The number of aromatic amines is 1. The molecule has 1 aliphatic rings. The Morgan fingerprint density at radius 2 is 2.17 bits per heavy atom. The Labute approximate surface area is 139 Å². The monoisotopic (exact) mass is 325 g/mol. The van der Waals surface area contributed by atoms with E-state index < -0.39 is 0 Å². The molecule has 0 saturated carbocycles. The third-order valence-corrected chi connectivity index (χ3v) is 4.07. The minimum absolute atomic E-state index is 0.161. The quantitative estimate of drug-likeness (QED) is 0.495. The van der Waals surface area contributed by atoms with Gasteiger partial charge in [0.25, 0.3) is 0 Å². The Kier molecular flexibility index (Phi) is 4.33. The van der Waals surface area contributed by atoms with Gasteiger partial charge in [-0.15, -0.1) is 0 Å². The second-order valence-electron chi connectivity index (χ2n) is 5.73. The molecule has 0 radical (unpaired) electrons. The first-order chi connectivity index (χ1) is 11.6. The first kappa shape index (κ1) is 15.8. The lowest BCUT2D eigenvalue weighted by Crippen LogP contribution is -2.26. The molecule has 1 saturated heterocycles. The number of benzene rings is 1. The summed E-state index contributed by atoms with van der Waals surface area (Å²) in [7, 11) is 0. The van der Waals surface area contributed by atoms with Crippen LogP contribution in [0.3, 0.4) is 0 Å². The number of hydrazone groups is 1. The Hall–Kier alpha value is -3.09. The molecule has 124 valence electrons. The number of carbonyl (C=O) groups is 2. The molecule has 7 heteroatoms. The molecule has 2 amide bonds. The van der Waals surface area contributed by atoms with E-state index in [0.29, 0.717) is 12.1 Å². The smallest absolute Gasteiger partial charge is 0.247 e. The number of aryl methyl sites for hydroxylation is 1. The Balaban J connectivity index is 1.57. The summed E-state index contributed by atoms with van der Waals surface area (Å²) in [5, 5.41) is 5.08. The van der Waals surface area contributed by atoms with Crippen LogP contribution in [0.15, 0.2) is 41.6 Å². The molecule has 2 heterocycles. The zero-order chi connectivity index (χ0) is 17.1. The number of nitrogens with one attached hydrogen (secondary N) is 4. The van der Waals surface area contributed by atoms with E-state index in [9.17, 15) is 9.59 Å². The van der Waals surface area contributed by atoms with Crippen LogP contribution in [0, 0.1) is 12.8 Å². The van der Waals surface area contributed by atoms with Gasteiger partial charge in [0, 0.05) is 34.3 Å². The van der Waals surface area contributed by atoms with Crippen LogP contribution in [0.25, 0.3) is 10.9 Å². The van der Waals surface area contributed by atoms with Gasteiger partial charge in [-0.25, -0.2) is 5.43 Å². The van der Waals surface area contributed by atoms with Crippen LogP contribution in [-0.4, -0.2) is 23.0 Å². The lowest BCUT2D eigenvalue weighted by atomic mass is 10.0. The predicted octanol–water partition coefficient (Wildman–Crippen LogP) is 1.47. The molecule has 1 fully saturated rings. The lowest BCUT2D eigenvalue weighted by Gasteiger charge is -2.05. The molecule has 0 bridgehead atoms. The van der Waals surface area contributed by atoms with Gasteiger partial charge in [-0.05, 0) is 19.4 Å². The van der Waals surface area contributed by atoms with E-state index in [-0.39, 0.29) is 24.2 Å². The van der Waals surface area contributed by atoms with Gasteiger partial charge in [0.15, 0.2) is 0 Å². The zero-order valence-corrected chi connectivity index (χ0v) is 13.3. The van der Waals surface area contributed by atoms with Crippen molar-refractivity contribution in [1.82, 2.24) is 21.3 Å². The fourth-order valence-electron chi connectivity index (χ4n) is 2.74. The molecular weight excluding hydrogens is 306 g/mol. The number of para-hydroxylation sites is 1. The molecule has 1 aromatic heterocycles. The van der Waals surface area contributed by atoms with Crippen LogP contribution >= 0.6 is 0 Å². The summed E-state index contributed by atoms with van der Waals surface area (Å²) in [6.45, 7) is 5.70. The third kappa shape index (κ3) is 3.15. The number of amides is 2. The van der Waals surface area contributed by atoms with Gasteiger partial charge in [0.05, 0.1) is 12.1 Å². The van der Waals surface area contributed by atoms with E-state index >= 15 is 0 Å². The van der Waals surface area contributed by atoms with E-state index in [2.05, 4.69) is 32.9 Å². The average molecular weight is 325 g/mol. The molecular formula is C17H19N5O2. The largest absolute Gasteiger partial charge is 0.358 e. The van der Waals surface area contributed by atoms with E-state index in [1.54, 1.807) is 6.21 Å². The SMILES string of the molecule is C=C1NNC(=O)C1CCC(=O)NN=Cc1c(C)[nH]c2ccccc12. The standard InChI is InChI=1S/C17H19N5O2/c1-10-14(13-5-3-4-6-15(13)19-10)9-18-21-16(23)8-7-12-11(2)20-22-17(12)24/h3-6,9,12,19-20H,2,7-8H2,1H3,(H,21,23)(H,22,24). The Morgan fingerprint density at radius 3 is 2.92 bits per heavy atom. The van der Waals surface area contributed by atoms with Gasteiger partial charge in [0.2, 0.25) is 11.8 Å². The second kappa shape index (κ2) is 6.57. The molecule has 24 heavy (non-hydrogen) atoms. The van der Waals surface area contributed by atoms with E-state index in [1.807, 2.05) is 31.2 Å². The number of H-pyrrole nitrogens is 1. The molecule has 2 aromatic rings. The normalized spacial score (nSPS) is 17.3. The van der Waals surface area contributed by atoms with Gasteiger partial charge in [-0.1, -0.05) is 24.8 Å². The van der Waals surface area contributed by atoms with Crippen molar-refractivity contribution in [2.45, 2.75) is 19.8 Å². The highest BCUT2D eigenvalue weighted by Gasteiger charge is 2.28. The van der Waals surface area contributed by atoms with Crippen LogP contribution in [0.1, 0.15) is 24.1 Å². The number of fused-ring (bicyclic) bond motifs is 1. The number of nitrogens with zero attached hydrogens (tertiary/aromatic N) is 1. The Bertz CT molecular complexity index is 821. The van der Waals surface area contributed by atoms with Gasteiger partial charge in [-0.2, -0.15) is 5.10 Å². The van der Waals surface area contributed by atoms with Crippen LogP contribution in [0.2, 0.25) is 0 Å². The van der Waals surface area contributed by atoms with Crippen LogP contribution in [-0.2, 0) is 9.59 Å². The maximum atomic E-state index is 11.9. The Morgan fingerprint density at radius 1 is 1.38 bits per heavy atom. The van der Waals surface area contributed by atoms with Crippen molar-refractivity contribution in [2.24, 2.45) is 11.0 Å². The van der Waals surface area contributed by atoms with Crippen molar-refractivity contribution in [1.29, 1.82) is 0 Å². The summed E-state index contributed by atoms with van der Waals surface area (Å²) in [4.78, 5) is 26.7. The summed E-state index contributed by atoms with van der Waals surface area (Å²) in [5.74, 6) is -0.780. The van der Waals surface area contributed by atoms with Gasteiger partial charge in [0.1, 0.15) is 0 Å². The molecule has 4 N–H and O–H groups in total. The molecule has 1 unspecified atom stereocenters. The second-order valence-corrected chi connectivity index (χ2v) is 5.73. The van der Waals surface area contributed by atoms with Crippen molar-refractivity contribution in [3.05, 3.63) is 47.8 Å². The van der Waals surface area contributed by atoms with Crippen LogP contribution in [0.4, 0.5) is 0 Å². The fraction of sp³-hybridized carbons (Fsp3) is 0.235. The van der Waals surface area contributed by atoms with Crippen molar-refractivity contribution >= 4 is 28.9 Å². The number of hydrogen-bond donors (Lipinski definition) is 4. The summed E-state index contributed by atoms with van der Waals surface area (Å²) in [5.41, 5.74) is 11.2. The number of hydrogen-bond acceptors (Lipinski definition) is 4. The van der Waals surface area contributed by atoms with E-state index in [0.717, 1.165) is 22.2 Å². The molecule has 1 atom stereocenters. The van der Waals surface area contributed by atoms with Crippen molar-refractivity contribution in [3.63, 3.8) is 0 Å². The highest BCUT2D eigenvalue weighted by molar-refractivity contribution is 6.00. The lowest BCUT2D eigenvalue weighted by molar-refractivity contribution is -0.123. The van der Waals surface area contributed by atoms with Gasteiger partial charge >= 0.3 is 0 Å². The first-order valence-corrected chi connectivity index (χ1v) is 7.70. The average Bonchev–Trinajstić information content (AvgIpc) is 3.05. The summed E-state index contributed by atoms with van der Waals surface area (Å²) in [6, 6.07) is 7.91. The fourth-order valence-corrected chi connectivity index (χ4v) is 2.74. The molecule has 1 aromatic carbocycles. The number of aromatic nitrogens is 1. The zero-order valence-electron chi connectivity index (χ0n) is 13.3. The summed E-state index contributed by atoms with van der Waals surface area (Å²) < 4.78 is 0. The highest BCUT2D eigenvalue weighted by Crippen LogP contribution is 2.20. The maximum Gasteiger partial charge on any atom is 0.247 e. The third-order valence-electron chi connectivity index (χ3n) is 4.07. The van der Waals surface area contributed by atoms with Gasteiger partial charge in [-0.3, -0.25) is 15.0 Å².